The third kappa shape index (κ3) is 4.77. The largest absolute Gasteiger partial charge is 0.493 e. The molecular weight excluding hydrogens is 336 g/mol. The first kappa shape index (κ1) is 18.3. The Morgan fingerprint density at radius 2 is 2.15 bits per heavy atom. The van der Waals surface area contributed by atoms with Crippen molar-refractivity contribution < 1.29 is 29.3 Å². The highest BCUT2D eigenvalue weighted by Crippen LogP contribution is 2.32. The van der Waals surface area contributed by atoms with Crippen LogP contribution in [0.1, 0.15) is 25.3 Å². The van der Waals surface area contributed by atoms with E-state index in [9.17, 15) is 4.79 Å². The second-order valence-corrected chi connectivity index (χ2v) is 6.23. The maximum absolute atomic E-state index is 12.7. The fourth-order valence-electron chi connectivity index (χ4n) is 2.54. The molecule has 2 aliphatic rings. The molecule has 1 aliphatic carbocycles. The number of nitrogens with two attached hydrogens (primary N) is 1. The summed E-state index contributed by atoms with van der Waals surface area (Å²) >= 11 is 0. The zero-order valence-electron chi connectivity index (χ0n) is 15.1. The van der Waals surface area contributed by atoms with Gasteiger partial charge in [0.25, 0.3) is 5.91 Å². The monoisotopic (exact) mass is 361 g/mol. The predicted octanol–water partition coefficient (Wildman–Crippen LogP) is 1.37. The number of ether oxygens (including phenoxy) is 3. The zero-order chi connectivity index (χ0) is 18.4. The Morgan fingerprint density at radius 1 is 1.35 bits per heavy atom. The standard InChI is InChI=1S/C19H24N2O5/c1-3-16(24-11-13-4-5-13)15(10-21-23-2)19(22)20-9-14-6-7-17-18(8-14)26-12-25-17/h3,6-8,10,13,21H,4-5,9,11-12H2,1-2H3,(H,20,22)/p+1/b15-10+,16-3+. The molecule has 7 heteroatoms. The highest BCUT2D eigenvalue weighted by molar-refractivity contribution is 5.96. The molecule has 1 amide bonds. The number of allylic oxidation sites excluding steroid dienone is 1. The lowest BCUT2D eigenvalue weighted by Gasteiger charge is -2.13. The molecular formula is C19H25N2O5+. The fraction of sp³-hybridized carbons (Fsp3) is 0.421. The van der Waals surface area contributed by atoms with E-state index in [4.69, 9.17) is 19.0 Å². The molecule has 1 aliphatic heterocycles. The minimum Gasteiger partial charge on any atom is -0.493 e. The lowest BCUT2D eigenvalue weighted by molar-refractivity contribution is -0.842. The van der Waals surface area contributed by atoms with Gasteiger partial charge in [-0.3, -0.25) is 4.79 Å². The van der Waals surface area contributed by atoms with Crippen LogP contribution in [0.5, 0.6) is 11.5 Å². The maximum atomic E-state index is 12.7. The molecule has 1 heterocycles. The Bertz CT molecular complexity index is 710. The first-order valence-electron chi connectivity index (χ1n) is 8.73. The van der Waals surface area contributed by atoms with E-state index in [0.717, 1.165) is 11.3 Å². The Balaban J connectivity index is 1.62. The second kappa shape index (κ2) is 8.73. The average molecular weight is 361 g/mol. The SMILES string of the molecule is C/C=C(OCC1CC1)\C(=C/[NH2+]OC)C(=O)NCc1ccc2c(c1)OCO2. The van der Waals surface area contributed by atoms with Gasteiger partial charge in [-0.2, -0.15) is 5.48 Å². The molecule has 1 aromatic rings. The van der Waals surface area contributed by atoms with Crippen LogP contribution in [-0.4, -0.2) is 26.4 Å². The van der Waals surface area contributed by atoms with Crippen molar-refractivity contribution in [3.63, 3.8) is 0 Å². The minimum atomic E-state index is -0.222. The molecule has 3 rings (SSSR count). The van der Waals surface area contributed by atoms with E-state index >= 15 is 0 Å². The van der Waals surface area contributed by atoms with Gasteiger partial charge in [0.05, 0.1) is 13.7 Å². The fourth-order valence-corrected chi connectivity index (χ4v) is 2.54. The van der Waals surface area contributed by atoms with Crippen molar-refractivity contribution in [3.8, 4) is 11.5 Å². The van der Waals surface area contributed by atoms with Gasteiger partial charge in [-0.25, -0.2) is 4.84 Å². The highest BCUT2D eigenvalue weighted by atomic mass is 16.7. The van der Waals surface area contributed by atoms with Crippen molar-refractivity contribution in [2.75, 3.05) is 20.5 Å². The second-order valence-electron chi connectivity index (χ2n) is 6.23. The van der Waals surface area contributed by atoms with Crippen LogP contribution in [0.3, 0.4) is 0 Å². The van der Waals surface area contributed by atoms with Gasteiger partial charge in [-0.05, 0) is 49.5 Å². The van der Waals surface area contributed by atoms with Crippen molar-refractivity contribution in [2.24, 2.45) is 5.92 Å². The third-order valence-corrected chi connectivity index (χ3v) is 4.20. The third-order valence-electron chi connectivity index (χ3n) is 4.20. The number of nitrogens with one attached hydrogen (secondary N) is 1. The van der Waals surface area contributed by atoms with Gasteiger partial charge < -0.3 is 19.5 Å². The van der Waals surface area contributed by atoms with Gasteiger partial charge in [0.2, 0.25) is 6.79 Å². The van der Waals surface area contributed by atoms with E-state index in [2.05, 4.69) is 5.32 Å². The number of hydroxylamine groups is 1. The van der Waals surface area contributed by atoms with Crippen molar-refractivity contribution in [1.29, 1.82) is 0 Å². The number of carbonyl (C=O) groups excluding carboxylic acids is 1. The van der Waals surface area contributed by atoms with Crippen LogP contribution in [0.2, 0.25) is 0 Å². The molecule has 1 fully saturated rings. The lowest BCUT2D eigenvalue weighted by Crippen LogP contribution is -2.76. The Labute approximate surface area is 152 Å². The molecule has 0 atom stereocenters. The number of amides is 1. The van der Waals surface area contributed by atoms with E-state index < -0.39 is 0 Å². The van der Waals surface area contributed by atoms with Crippen LogP contribution < -0.4 is 20.3 Å². The summed E-state index contributed by atoms with van der Waals surface area (Å²) in [6, 6.07) is 5.61. The molecule has 0 aromatic heterocycles. The minimum absolute atomic E-state index is 0.222. The van der Waals surface area contributed by atoms with Crippen molar-refractivity contribution in [1.82, 2.24) is 5.32 Å². The number of hydrogen-bond acceptors (Lipinski definition) is 5. The molecule has 7 nitrogen and oxygen atoms in total. The lowest BCUT2D eigenvalue weighted by atomic mass is 10.1. The molecule has 0 unspecified atom stereocenters. The summed E-state index contributed by atoms with van der Waals surface area (Å²) in [5.74, 6) is 2.37. The summed E-state index contributed by atoms with van der Waals surface area (Å²) in [6.45, 7) is 3.10. The molecule has 26 heavy (non-hydrogen) atoms. The van der Waals surface area contributed by atoms with Crippen LogP contribution >= 0.6 is 0 Å². The summed E-state index contributed by atoms with van der Waals surface area (Å²) in [6.07, 6.45) is 5.81. The van der Waals surface area contributed by atoms with Crippen LogP contribution in [0.15, 0.2) is 41.8 Å². The van der Waals surface area contributed by atoms with Crippen LogP contribution in [0, 0.1) is 5.92 Å². The molecule has 1 saturated carbocycles. The number of quaternary nitrogens is 1. The molecule has 140 valence electrons. The molecule has 1 aromatic carbocycles. The molecule has 0 spiro atoms. The van der Waals surface area contributed by atoms with Crippen LogP contribution in [0.4, 0.5) is 0 Å². The maximum Gasteiger partial charge on any atom is 0.260 e. The van der Waals surface area contributed by atoms with Crippen molar-refractivity contribution >= 4 is 5.91 Å². The molecule has 0 saturated heterocycles. The van der Waals surface area contributed by atoms with Gasteiger partial charge in [0, 0.05) is 6.54 Å². The summed E-state index contributed by atoms with van der Waals surface area (Å²) in [7, 11) is 1.54. The van der Waals surface area contributed by atoms with E-state index in [1.807, 2.05) is 25.1 Å². The first-order chi connectivity index (χ1) is 12.7. The van der Waals surface area contributed by atoms with Gasteiger partial charge in [0.15, 0.2) is 11.5 Å². The smallest absolute Gasteiger partial charge is 0.260 e. The normalized spacial score (nSPS) is 16.5. The molecule has 0 radical (unpaired) electrons. The van der Waals surface area contributed by atoms with E-state index in [-0.39, 0.29) is 12.7 Å². The number of fused-ring (bicyclic) bond motifs is 1. The van der Waals surface area contributed by atoms with Crippen molar-refractivity contribution in [2.45, 2.75) is 26.3 Å². The summed E-state index contributed by atoms with van der Waals surface area (Å²) < 4.78 is 16.5. The highest BCUT2D eigenvalue weighted by Gasteiger charge is 2.25. The van der Waals surface area contributed by atoms with Gasteiger partial charge >= 0.3 is 0 Å². The topological polar surface area (TPSA) is 82.6 Å². The average Bonchev–Trinajstić information content (AvgIpc) is 3.37. The molecule has 3 N–H and O–H groups in total. The van der Waals surface area contributed by atoms with Gasteiger partial charge in [-0.15, -0.1) is 0 Å². The summed E-state index contributed by atoms with van der Waals surface area (Å²) in [5.41, 5.74) is 2.84. The number of benzene rings is 1. The molecule has 0 bridgehead atoms. The van der Waals surface area contributed by atoms with E-state index in [1.165, 1.54) is 18.3 Å². The van der Waals surface area contributed by atoms with Crippen molar-refractivity contribution in [3.05, 3.63) is 47.4 Å². The predicted molar refractivity (Wildman–Crippen MR) is 93.9 cm³/mol. The first-order valence-corrected chi connectivity index (χ1v) is 8.73. The summed E-state index contributed by atoms with van der Waals surface area (Å²) in [4.78, 5) is 17.7. The van der Waals surface area contributed by atoms with Gasteiger partial charge in [0.1, 0.15) is 17.5 Å². The number of rotatable bonds is 9. The Hall–Kier alpha value is -2.51. The summed E-state index contributed by atoms with van der Waals surface area (Å²) in [5, 5.41) is 2.92. The van der Waals surface area contributed by atoms with Crippen LogP contribution in [0.25, 0.3) is 0 Å². The zero-order valence-corrected chi connectivity index (χ0v) is 15.1. The Morgan fingerprint density at radius 3 is 2.88 bits per heavy atom. The number of carbonyl (C=O) groups is 1. The van der Waals surface area contributed by atoms with Gasteiger partial charge in [-0.1, -0.05) is 6.07 Å². The number of hydrogen-bond donors (Lipinski definition) is 2. The van der Waals surface area contributed by atoms with E-state index in [0.29, 0.717) is 36.2 Å². The van der Waals surface area contributed by atoms with E-state index in [1.54, 1.807) is 19.4 Å². The Kier molecular flexibility index (Phi) is 6.14. The quantitative estimate of drug-likeness (QED) is 0.300. The van der Waals surface area contributed by atoms with Crippen LogP contribution in [-0.2, 0) is 20.9 Å².